The van der Waals surface area contributed by atoms with Crippen LogP contribution >= 0.6 is 12.4 Å². The van der Waals surface area contributed by atoms with Crippen LogP contribution in [0.2, 0.25) is 0 Å². The van der Waals surface area contributed by atoms with Gasteiger partial charge in [-0.05, 0) is 55.9 Å². The largest absolute Gasteiger partial charge is 0.491 e. The average Bonchev–Trinajstić information content (AvgIpc) is 2.87. The van der Waals surface area contributed by atoms with Crippen molar-refractivity contribution in [1.82, 2.24) is 5.32 Å². The first-order valence-corrected chi connectivity index (χ1v) is 7.67. The summed E-state index contributed by atoms with van der Waals surface area (Å²) in [5.41, 5.74) is 4.16. The third-order valence-corrected chi connectivity index (χ3v) is 4.06. The van der Waals surface area contributed by atoms with E-state index in [1.165, 1.54) is 23.1 Å². The number of halogens is 1. The topological polar surface area (TPSA) is 41.5 Å². The first-order chi connectivity index (χ1) is 9.49. The minimum absolute atomic E-state index is 0. The zero-order valence-corrected chi connectivity index (χ0v) is 14.3. The molecule has 1 aliphatic carbocycles. The summed E-state index contributed by atoms with van der Waals surface area (Å²) in [6.45, 7) is 8.66. The first-order valence-electron chi connectivity index (χ1n) is 7.67. The molecule has 1 aromatic rings. The highest BCUT2D eigenvalue weighted by Crippen LogP contribution is 2.33. The van der Waals surface area contributed by atoms with Gasteiger partial charge >= 0.3 is 0 Å². The summed E-state index contributed by atoms with van der Waals surface area (Å²) in [5, 5.41) is 13.5. The van der Waals surface area contributed by atoms with Crippen molar-refractivity contribution >= 4 is 12.4 Å². The molecule has 0 saturated heterocycles. The Morgan fingerprint density at radius 2 is 1.86 bits per heavy atom. The van der Waals surface area contributed by atoms with Crippen molar-refractivity contribution in [3.05, 3.63) is 28.8 Å². The molecule has 0 radical (unpaired) electrons. The van der Waals surface area contributed by atoms with Crippen LogP contribution in [0.4, 0.5) is 0 Å². The van der Waals surface area contributed by atoms with Crippen LogP contribution in [0.5, 0.6) is 5.75 Å². The lowest BCUT2D eigenvalue weighted by Crippen LogP contribution is -2.43. The molecule has 4 heteroatoms. The molecule has 1 aromatic carbocycles. The number of nitrogens with one attached hydrogen (secondary N) is 1. The second-order valence-electron chi connectivity index (χ2n) is 6.18. The monoisotopic (exact) mass is 313 g/mol. The number of ether oxygens (including phenoxy) is 1. The van der Waals surface area contributed by atoms with Gasteiger partial charge in [-0.3, -0.25) is 0 Å². The van der Waals surface area contributed by atoms with Gasteiger partial charge in [0.25, 0.3) is 0 Å². The molecule has 120 valence electrons. The van der Waals surface area contributed by atoms with Crippen LogP contribution in [0, 0.1) is 6.92 Å². The number of aliphatic hydroxyl groups excluding tert-OH is 1. The summed E-state index contributed by atoms with van der Waals surface area (Å²) >= 11 is 0. The lowest BCUT2D eigenvalue weighted by Gasteiger charge is -2.23. The van der Waals surface area contributed by atoms with Gasteiger partial charge in [0.05, 0.1) is 0 Å². The molecule has 0 amide bonds. The molecule has 0 unspecified atom stereocenters. The highest BCUT2D eigenvalue weighted by Gasteiger charge is 2.20. The molecule has 0 aromatic heterocycles. The maximum absolute atomic E-state index is 10.1. The van der Waals surface area contributed by atoms with E-state index in [4.69, 9.17) is 4.74 Å². The Morgan fingerprint density at radius 1 is 1.19 bits per heavy atom. The van der Waals surface area contributed by atoms with E-state index in [1.54, 1.807) is 0 Å². The minimum atomic E-state index is -0.490. The number of aryl methyl sites for hydroxylation is 1. The smallest absolute Gasteiger partial charge is 0.122 e. The molecule has 0 fully saturated rings. The molecule has 0 saturated carbocycles. The fourth-order valence-electron chi connectivity index (χ4n) is 2.94. The Kier molecular flexibility index (Phi) is 6.98. The first kappa shape index (κ1) is 18.3. The van der Waals surface area contributed by atoms with E-state index in [1.807, 2.05) is 13.0 Å². The van der Waals surface area contributed by atoms with Crippen molar-refractivity contribution in [2.24, 2.45) is 0 Å². The van der Waals surface area contributed by atoms with Crippen LogP contribution in [0.15, 0.2) is 12.1 Å². The zero-order chi connectivity index (χ0) is 14.7. The van der Waals surface area contributed by atoms with E-state index < -0.39 is 6.10 Å². The van der Waals surface area contributed by atoms with Gasteiger partial charge in [0, 0.05) is 12.1 Å². The maximum atomic E-state index is 10.1. The number of rotatable bonds is 6. The van der Waals surface area contributed by atoms with Gasteiger partial charge in [0.1, 0.15) is 18.5 Å². The van der Waals surface area contributed by atoms with Gasteiger partial charge in [0.15, 0.2) is 0 Å². The summed E-state index contributed by atoms with van der Waals surface area (Å²) in [4.78, 5) is 0. The zero-order valence-electron chi connectivity index (χ0n) is 13.5. The van der Waals surface area contributed by atoms with Crippen molar-refractivity contribution < 1.29 is 9.84 Å². The molecule has 0 spiro atoms. The average molecular weight is 314 g/mol. The molecule has 0 aliphatic heterocycles. The fraction of sp³-hybridized carbons (Fsp3) is 0.647. The molecule has 2 N–H and O–H groups in total. The van der Waals surface area contributed by atoms with Crippen LogP contribution in [-0.4, -0.2) is 29.9 Å². The van der Waals surface area contributed by atoms with Gasteiger partial charge in [-0.2, -0.15) is 0 Å². The standard InChI is InChI=1S/C17H27NO2.ClH/c1-11(2)18-13(4)16(19)10-20-17-9-8-12(3)14-6-5-7-15(14)17;/h8-9,11,13,16,18-19H,5-7,10H2,1-4H3;1H/t13-,16+;/m0./s1. The lowest BCUT2D eigenvalue weighted by molar-refractivity contribution is 0.0755. The second kappa shape index (κ2) is 8.02. The Morgan fingerprint density at radius 3 is 2.52 bits per heavy atom. The molecule has 0 heterocycles. The molecular weight excluding hydrogens is 286 g/mol. The summed E-state index contributed by atoms with van der Waals surface area (Å²) in [6.07, 6.45) is 2.98. The van der Waals surface area contributed by atoms with Gasteiger partial charge in [0.2, 0.25) is 0 Å². The number of hydrogen-bond donors (Lipinski definition) is 2. The molecule has 2 atom stereocenters. The molecule has 2 rings (SSSR count). The summed E-state index contributed by atoms with van der Waals surface area (Å²) < 4.78 is 5.88. The van der Waals surface area contributed by atoms with E-state index in [0.717, 1.165) is 18.6 Å². The van der Waals surface area contributed by atoms with Gasteiger partial charge in [-0.1, -0.05) is 19.9 Å². The van der Waals surface area contributed by atoms with Crippen molar-refractivity contribution in [3.8, 4) is 5.75 Å². The summed E-state index contributed by atoms with van der Waals surface area (Å²) in [6, 6.07) is 4.57. The van der Waals surface area contributed by atoms with Crippen LogP contribution in [0.3, 0.4) is 0 Å². The molecule has 3 nitrogen and oxygen atoms in total. The molecule has 21 heavy (non-hydrogen) atoms. The fourth-order valence-corrected chi connectivity index (χ4v) is 2.94. The third kappa shape index (κ3) is 4.60. The highest BCUT2D eigenvalue weighted by molar-refractivity contribution is 5.85. The van der Waals surface area contributed by atoms with Gasteiger partial charge < -0.3 is 15.2 Å². The number of benzene rings is 1. The Hall–Kier alpha value is -0.770. The Balaban J connectivity index is 0.00000220. The van der Waals surface area contributed by atoms with Crippen LogP contribution in [-0.2, 0) is 12.8 Å². The van der Waals surface area contributed by atoms with Crippen LogP contribution in [0.25, 0.3) is 0 Å². The molecule has 0 bridgehead atoms. The summed E-state index contributed by atoms with van der Waals surface area (Å²) in [7, 11) is 0. The van der Waals surface area contributed by atoms with E-state index >= 15 is 0 Å². The molecular formula is C17H28ClNO2. The van der Waals surface area contributed by atoms with E-state index in [2.05, 4.69) is 32.2 Å². The number of fused-ring (bicyclic) bond motifs is 1. The van der Waals surface area contributed by atoms with Crippen LogP contribution < -0.4 is 10.1 Å². The maximum Gasteiger partial charge on any atom is 0.122 e. The Labute approximate surface area is 134 Å². The highest BCUT2D eigenvalue weighted by atomic mass is 35.5. The Bertz CT molecular complexity index is 462. The van der Waals surface area contributed by atoms with Gasteiger partial charge in [-0.25, -0.2) is 0 Å². The third-order valence-electron chi connectivity index (χ3n) is 4.06. The van der Waals surface area contributed by atoms with Crippen LogP contribution in [0.1, 0.15) is 43.9 Å². The second-order valence-corrected chi connectivity index (χ2v) is 6.18. The van der Waals surface area contributed by atoms with E-state index in [9.17, 15) is 5.11 Å². The lowest BCUT2D eigenvalue weighted by atomic mass is 10.0. The van der Waals surface area contributed by atoms with Crippen molar-refractivity contribution in [1.29, 1.82) is 0 Å². The molecule has 1 aliphatic rings. The SMILES string of the molecule is Cc1ccc(OC[C@@H](O)[C@H](C)NC(C)C)c2c1CCC2.Cl. The van der Waals surface area contributed by atoms with E-state index in [0.29, 0.717) is 12.6 Å². The normalized spacial score (nSPS) is 16.3. The van der Waals surface area contributed by atoms with Gasteiger partial charge in [-0.15, -0.1) is 12.4 Å². The predicted octanol–water partition coefficient (Wildman–Crippen LogP) is 3.03. The number of aliphatic hydroxyl groups is 1. The summed E-state index contributed by atoms with van der Waals surface area (Å²) in [5.74, 6) is 0.957. The van der Waals surface area contributed by atoms with Crippen molar-refractivity contribution in [3.63, 3.8) is 0 Å². The quantitative estimate of drug-likeness (QED) is 0.848. The van der Waals surface area contributed by atoms with E-state index in [-0.39, 0.29) is 18.4 Å². The number of hydrogen-bond acceptors (Lipinski definition) is 3. The predicted molar refractivity (Wildman–Crippen MR) is 89.7 cm³/mol. The van der Waals surface area contributed by atoms with Crippen molar-refractivity contribution in [2.45, 2.75) is 65.1 Å². The van der Waals surface area contributed by atoms with Crippen molar-refractivity contribution in [2.75, 3.05) is 6.61 Å². The minimum Gasteiger partial charge on any atom is -0.491 e.